The number of nitriles is 1. The van der Waals surface area contributed by atoms with E-state index >= 15 is 0 Å². The number of nitrogens with zero attached hydrogens (tertiary/aromatic N) is 1. The Morgan fingerprint density at radius 3 is 2.88 bits per heavy atom. The van der Waals surface area contributed by atoms with Crippen molar-refractivity contribution in [1.82, 2.24) is 5.32 Å². The fourth-order valence-corrected chi connectivity index (χ4v) is 3.92. The van der Waals surface area contributed by atoms with Crippen molar-refractivity contribution in [3.63, 3.8) is 0 Å². The standard InChI is InChI=1S/C11H10Br2N2OS/c12-7-4-9(17-10(7)13)11(16)15-8-3-1-2-6(8)5-14/h4,6,8H,1-3H2,(H,15,16). The van der Waals surface area contributed by atoms with Crippen LogP contribution in [0.15, 0.2) is 14.3 Å². The molecule has 1 aliphatic rings. The zero-order chi connectivity index (χ0) is 12.4. The van der Waals surface area contributed by atoms with Crippen LogP contribution in [0.1, 0.15) is 28.9 Å². The van der Waals surface area contributed by atoms with Crippen molar-refractivity contribution in [3.05, 3.63) is 19.2 Å². The van der Waals surface area contributed by atoms with E-state index in [2.05, 4.69) is 43.2 Å². The summed E-state index contributed by atoms with van der Waals surface area (Å²) in [5.41, 5.74) is 0. The fraction of sp³-hybridized carbons (Fsp3) is 0.455. The van der Waals surface area contributed by atoms with Gasteiger partial charge in [-0.05, 0) is 57.2 Å². The van der Waals surface area contributed by atoms with Gasteiger partial charge in [-0.2, -0.15) is 5.26 Å². The van der Waals surface area contributed by atoms with E-state index in [9.17, 15) is 4.79 Å². The van der Waals surface area contributed by atoms with Gasteiger partial charge in [0.15, 0.2) is 0 Å². The number of hydrogen-bond acceptors (Lipinski definition) is 3. The van der Waals surface area contributed by atoms with Crippen molar-refractivity contribution < 1.29 is 4.79 Å². The molecular weight excluding hydrogens is 368 g/mol. The Kier molecular flexibility index (Phi) is 4.23. The van der Waals surface area contributed by atoms with Crippen molar-refractivity contribution >= 4 is 49.1 Å². The Bertz CT molecular complexity index is 461. The second kappa shape index (κ2) is 5.51. The molecule has 1 aromatic heterocycles. The van der Waals surface area contributed by atoms with Crippen LogP contribution in [-0.2, 0) is 0 Å². The molecule has 1 saturated carbocycles. The van der Waals surface area contributed by atoms with E-state index in [0.717, 1.165) is 27.5 Å². The molecule has 1 aliphatic carbocycles. The lowest BCUT2D eigenvalue weighted by molar-refractivity contribution is 0.0937. The summed E-state index contributed by atoms with van der Waals surface area (Å²) < 4.78 is 1.79. The maximum atomic E-state index is 12.0. The van der Waals surface area contributed by atoms with Gasteiger partial charge in [0.25, 0.3) is 5.91 Å². The van der Waals surface area contributed by atoms with Crippen LogP contribution in [0.25, 0.3) is 0 Å². The SMILES string of the molecule is N#CC1CCCC1NC(=O)c1cc(Br)c(Br)s1. The minimum Gasteiger partial charge on any atom is -0.347 e. The molecule has 0 aliphatic heterocycles. The first-order chi connectivity index (χ1) is 8.11. The van der Waals surface area contributed by atoms with Crippen LogP contribution in [0, 0.1) is 17.2 Å². The lowest BCUT2D eigenvalue weighted by atomic mass is 10.1. The lowest BCUT2D eigenvalue weighted by Crippen LogP contribution is -2.36. The Hall–Kier alpha value is -0.380. The van der Waals surface area contributed by atoms with Gasteiger partial charge in [0.1, 0.15) is 0 Å². The Balaban J connectivity index is 2.04. The highest BCUT2D eigenvalue weighted by atomic mass is 79.9. The Morgan fingerprint density at radius 1 is 1.53 bits per heavy atom. The molecule has 1 heterocycles. The summed E-state index contributed by atoms with van der Waals surface area (Å²) >= 11 is 8.11. The molecule has 6 heteroatoms. The summed E-state index contributed by atoms with van der Waals surface area (Å²) in [5.74, 6) is -0.126. The molecule has 1 N–H and O–H groups in total. The average molecular weight is 378 g/mol. The van der Waals surface area contributed by atoms with E-state index < -0.39 is 0 Å². The van der Waals surface area contributed by atoms with Gasteiger partial charge >= 0.3 is 0 Å². The smallest absolute Gasteiger partial charge is 0.261 e. The van der Waals surface area contributed by atoms with Crippen LogP contribution in [0.5, 0.6) is 0 Å². The minimum atomic E-state index is -0.0893. The third-order valence-electron chi connectivity index (χ3n) is 2.87. The number of nitrogens with one attached hydrogen (secondary N) is 1. The zero-order valence-electron chi connectivity index (χ0n) is 8.87. The fourth-order valence-electron chi connectivity index (χ4n) is 1.99. The van der Waals surface area contributed by atoms with Crippen LogP contribution in [0.2, 0.25) is 0 Å². The molecule has 2 atom stereocenters. The van der Waals surface area contributed by atoms with E-state index in [0.29, 0.717) is 4.88 Å². The Morgan fingerprint density at radius 2 is 2.29 bits per heavy atom. The molecule has 17 heavy (non-hydrogen) atoms. The molecule has 1 amide bonds. The summed E-state index contributed by atoms with van der Waals surface area (Å²) in [5, 5.41) is 11.9. The normalized spacial score (nSPS) is 23.4. The van der Waals surface area contributed by atoms with Crippen molar-refractivity contribution in [2.75, 3.05) is 0 Å². The van der Waals surface area contributed by atoms with E-state index in [-0.39, 0.29) is 17.9 Å². The molecule has 0 saturated heterocycles. The molecule has 90 valence electrons. The highest BCUT2D eigenvalue weighted by Crippen LogP contribution is 2.33. The topological polar surface area (TPSA) is 52.9 Å². The Labute approximate surface area is 120 Å². The van der Waals surface area contributed by atoms with Crippen molar-refractivity contribution in [1.29, 1.82) is 5.26 Å². The summed E-state index contributed by atoms with van der Waals surface area (Å²) in [6.07, 6.45) is 2.80. The quantitative estimate of drug-likeness (QED) is 0.854. The third-order valence-corrected chi connectivity index (χ3v) is 6.12. The maximum Gasteiger partial charge on any atom is 0.261 e. The van der Waals surface area contributed by atoms with Crippen LogP contribution < -0.4 is 5.32 Å². The molecular formula is C11H10Br2N2OS. The number of halogens is 2. The van der Waals surface area contributed by atoms with E-state index in [1.165, 1.54) is 11.3 Å². The van der Waals surface area contributed by atoms with Crippen molar-refractivity contribution in [2.24, 2.45) is 5.92 Å². The number of rotatable bonds is 2. The molecule has 1 fully saturated rings. The molecule has 1 aromatic rings. The third kappa shape index (κ3) is 2.90. The van der Waals surface area contributed by atoms with Crippen LogP contribution in [0.4, 0.5) is 0 Å². The van der Waals surface area contributed by atoms with E-state index in [4.69, 9.17) is 5.26 Å². The molecule has 0 aromatic carbocycles. The van der Waals surface area contributed by atoms with Gasteiger partial charge in [-0.15, -0.1) is 11.3 Å². The average Bonchev–Trinajstić information content (AvgIpc) is 2.86. The molecule has 0 radical (unpaired) electrons. The van der Waals surface area contributed by atoms with Crippen molar-refractivity contribution in [2.45, 2.75) is 25.3 Å². The van der Waals surface area contributed by atoms with Gasteiger partial charge < -0.3 is 5.32 Å². The summed E-state index contributed by atoms with van der Waals surface area (Å²) in [4.78, 5) is 12.6. The maximum absolute atomic E-state index is 12.0. The van der Waals surface area contributed by atoms with Gasteiger partial charge in [0.05, 0.1) is 20.7 Å². The van der Waals surface area contributed by atoms with Gasteiger partial charge in [-0.25, -0.2) is 0 Å². The highest BCUT2D eigenvalue weighted by Gasteiger charge is 2.29. The first-order valence-corrected chi connectivity index (χ1v) is 7.67. The van der Waals surface area contributed by atoms with Crippen LogP contribution >= 0.6 is 43.2 Å². The van der Waals surface area contributed by atoms with Crippen LogP contribution in [0.3, 0.4) is 0 Å². The monoisotopic (exact) mass is 376 g/mol. The molecule has 2 unspecified atom stereocenters. The highest BCUT2D eigenvalue weighted by molar-refractivity contribution is 9.13. The second-order valence-corrected chi connectivity index (χ2v) is 7.20. The number of amides is 1. The first-order valence-electron chi connectivity index (χ1n) is 5.27. The summed E-state index contributed by atoms with van der Waals surface area (Å²) in [6.45, 7) is 0. The summed E-state index contributed by atoms with van der Waals surface area (Å²) in [6, 6.07) is 4.06. The summed E-state index contributed by atoms with van der Waals surface area (Å²) in [7, 11) is 0. The van der Waals surface area contributed by atoms with Crippen molar-refractivity contribution in [3.8, 4) is 6.07 Å². The minimum absolute atomic E-state index is 0.00662. The number of carbonyl (C=O) groups excluding carboxylic acids is 1. The predicted molar refractivity (Wildman–Crippen MR) is 73.9 cm³/mol. The number of hydrogen-bond donors (Lipinski definition) is 1. The van der Waals surface area contributed by atoms with Gasteiger partial charge in [-0.3, -0.25) is 4.79 Å². The number of carbonyl (C=O) groups is 1. The molecule has 2 rings (SSSR count). The molecule has 0 spiro atoms. The van der Waals surface area contributed by atoms with Gasteiger partial charge in [0, 0.05) is 10.5 Å². The van der Waals surface area contributed by atoms with Gasteiger partial charge in [-0.1, -0.05) is 0 Å². The molecule has 0 bridgehead atoms. The zero-order valence-corrected chi connectivity index (χ0v) is 12.9. The largest absolute Gasteiger partial charge is 0.347 e. The second-order valence-electron chi connectivity index (χ2n) is 3.98. The first kappa shape index (κ1) is 13.1. The number of thiophene rings is 1. The predicted octanol–water partition coefficient (Wildman–Crippen LogP) is 3.70. The molecule has 3 nitrogen and oxygen atoms in total. The van der Waals surface area contributed by atoms with E-state index in [1.807, 2.05) is 0 Å². The van der Waals surface area contributed by atoms with Crippen LogP contribution in [-0.4, -0.2) is 11.9 Å². The lowest BCUT2D eigenvalue weighted by Gasteiger charge is -2.14. The van der Waals surface area contributed by atoms with E-state index in [1.54, 1.807) is 6.07 Å². The van der Waals surface area contributed by atoms with Gasteiger partial charge in [0.2, 0.25) is 0 Å².